The van der Waals surface area contributed by atoms with Gasteiger partial charge in [-0.25, -0.2) is 0 Å². The van der Waals surface area contributed by atoms with Crippen molar-refractivity contribution in [2.24, 2.45) is 0 Å². The minimum Gasteiger partial charge on any atom is -0.480 e. The maximum absolute atomic E-state index is 10.7. The average molecular weight is 435 g/mol. The van der Waals surface area contributed by atoms with Crippen molar-refractivity contribution in [1.82, 2.24) is 10.6 Å². The van der Waals surface area contributed by atoms with Crippen molar-refractivity contribution >= 4 is 40.0 Å². The van der Waals surface area contributed by atoms with Crippen LogP contribution in [0.2, 0.25) is 0 Å². The molecule has 0 aliphatic rings. The molecule has 0 spiro atoms. The highest BCUT2D eigenvalue weighted by atomic mass is 32.1. The van der Waals surface area contributed by atoms with Crippen LogP contribution in [0.1, 0.15) is 20.9 Å². The third-order valence-corrected chi connectivity index (χ3v) is 8.04. The van der Waals surface area contributed by atoms with E-state index in [1.807, 2.05) is 41.1 Å². The van der Waals surface area contributed by atoms with E-state index in [0.717, 1.165) is 19.4 Å². The zero-order valence-electron chi connectivity index (χ0n) is 16.4. The molecule has 0 atom stereocenters. The summed E-state index contributed by atoms with van der Waals surface area (Å²) in [6.07, 6.45) is 1.88. The Labute approximate surface area is 178 Å². The van der Waals surface area contributed by atoms with Crippen LogP contribution < -0.4 is 10.6 Å². The minimum absolute atomic E-state index is 0.00866. The second kappa shape index (κ2) is 9.80. The first kappa shape index (κ1) is 21.2. The van der Waals surface area contributed by atoms with Gasteiger partial charge < -0.3 is 15.7 Å². The predicted molar refractivity (Wildman–Crippen MR) is 122 cm³/mol. The fraction of sp³-hybridized carbons (Fsp3) is 0.381. The van der Waals surface area contributed by atoms with Gasteiger partial charge in [0.2, 0.25) is 0 Å². The zero-order chi connectivity index (χ0) is 20.1. The van der Waals surface area contributed by atoms with Crippen molar-refractivity contribution in [3.63, 3.8) is 0 Å². The molecule has 0 saturated heterocycles. The molecule has 3 rings (SSSR count). The number of carboxylic acids is 1. The Morgan fingerprint density at radius 3 is 1.96 bits per heavy atom. The third-order valence-electron chi connectivity index (χ3n) is 4.41. The van der Waals surface area contributed by atoms with Crippen LogP contribution in [0.15, 0.2) is 24.3 Å². The molecule has 7 heteroatoms. The van der Waals surface area contributed by atoms with Crippen molar-refractivity contribution in [3.05, 3.63) is 45.1 Å². The molecule has 3 heterocycles. The van der Waals surface area contributed by atoms with E-state index < -0.39 is 5.97 Å². The van der Waals surface area contributed by atoms with Gasteiger partial charge in [-0.2, -0.15) is 0 Å². The van der Waals surface area contributed by atoms with Gasteiger partial charge in [-0.1, -0.05) is 0 Å². The fourth-order valence-electron chi connectivity index (χ4n) is 3.18. The van der Waals surface area contributed by atoms with Gasteiger partial charge in [0.15, 0.2) is 0 Å². The largest absolute Gasteiger partial charge is 0.480 e. The lowest BCUT2D eigenvalue weighted by atomic mass is 10.1. The summed E-state index contributed by atoms with van der Waals surface area (Å²) >= 11 is 5.56. The van der Waals surface area contributed by atoms with Crippen LogP contribution in [0, 0.1) is 13.8 Å². The predicted octanol–water partition coefficient (Wildman–Crippen LogP) is 4.80. The topological polar surface area (TPSA) is 61.4 Å². The van der Waals surface area contributed by atoms with Crippen LogP contribution in [0.4, 0.5) is 0 Å². The Balaban J connectivity index is 1.80. The summed E-state index contributed by atoms with van der Waals surface area (Å²) in [7, 11) is 1.99. The lowest BCUT2D eigenvalue weighted by Crippen LogP contribution is -2.24. The van der Waals surface area contributed by atoms with Crippen molar-refractivity contribution < 1.29 is 9.90 Å². The van der Waals surface area contributed by atoms with E-state index in [4.69, 9.17) is 5.11 Å². The molecule has 3 aromatic rings. The highest BCUT2D eigenvalue weighted by Crippen LogP contribution is 2.43. The van der Waals surface area contributed by atoms with Crippen molar-refractivity contribution in [1.29, 1.82) is 0 Å². The Morgan fingerprint density at radius 1 is 0.929 bits per heavy atom. The molecule has 0 aliphatic carbocycles. The Morgan fingerprint density at radius 2 is 1.46 bits per heavy atom. The van der Waals surface area contributed by atoms with Crippen LogP contribution in [-0.4, -0.2) is 37.8 Å². The molecule has 0 bridgehead atoms. The van der Waals surface area contributed by atoms with E-state index in [0.29, 0.717) is 6.54 Å². The van der Waals surface area contributed by atoms with E-state index >= 15 is 0 Å². The number of hydrogen-bond acceptors (Lipinski definition) is 6. The van der Waals surface area contributed by atoms with E-state index in [2.05, 4.69) is 48.7 Å². The summed E-state index contributed by atoms with van der Waals surface area (Å²) in [4.78, 5) is 18.7. The average Bonchev–Trinajstić information content (AvgIpc) is 3.34. The van der Waals surface area contributed by atoms with Crippen LogP contribution in [-0.2, 0) is 17.6 Å². The van der Waals surface area contributed by atoms with E-state index in [9.17, 15) is 4.79 Å². The van der Waals surface area contributed by atoms with E-state index in [1.165, 1.54) is 40.4 Å². The molecule has 0 unspecified atom stereocenters. The van der Waals surface area contributed by atoms with Crippen molar-refractivity contribution in [2.75, 3.05) is 26.7 Å². The van der Waals surface area contributed by atoms with Gasteiger partial charge in [0.25, 0.3) is 0 Å². The van der Waals surface area contributed by atoms with Gasteiger partial charge in [0, 0.05) is 29.3 Å². The number of likely N-dealkylation sites (N-methyl/N-ethyl adjacent to an activating group) is 1. The number of nitrogens with one attached hydrogen (secondary N) is 2. The molecule has 150 valence electrons. The molecular weight excluding hydrogens is 408 g/mol. The first-order chi connectivity index (χ1) is 13.5. The summed E-state index contributed by atoms with van der Waals surface area (Å²) in [5, 5.41) is 15.0. The highest BCUT2D eigenvalue weighted by Gasteiger charge is 2.15. The molecule has 0 aliphatic heterocycles. The molecule has 0 fully saturated rings. The minimum atomic E-state index is -0.815. The van der Waals surface area contributed by atoms with Crippen molar-refractivity contribution in [2.45, 2.75) is 26.7 Å². The fourth-order valence-corrected chi connectivity index (χ4v) is 6.61. The van der Waals surface area contributed by atoms with Crippen LogP contribution in [0.3, 0.4) is 0 Å². The summed E-state index contributed by atoms with van der Waals surface area (Å²) in [6, 6.07) is 9.02. The summed E-state index contributed by atoms with van der Waals surface area (Å²) < 4.78 is 0. The highest BCUT2D eigenvalue weighted by molar-refractivity contribution is 7.26. The maximum Gasteiger partial charge on any atom is 0.317 e. The molecule has 0 saturated carbocycles. The van der Waals surface area contributed by atoms with Gasteiger partial charge >= 0.3 is 5.97 Å². The number of aryl methyl sites for hydroxylation is 2. The summed E-state index contributed by atoms with van der Waals surface area (Å²) in [5.41, 5.74) is 2.72. The van der Waals surface area contributed by atoms with E-state index in [1.54, 1.807) is 0 Å². The van der Waals surface area contributed by atoms with Crippen LogP contribution in [0.5, 0.6) is 0 Å². The second-order valence-corrected chi connectivity index (χ2v) is 10.4. The number of carbonyl (C=O) groups is 1. The lowest BCUT2D eigenvalue weighted by Gasteiger charge is -2.03. The molecule has 0 aromatic carbocycles. The van der Waals surface area contributed by atoms with Crippen molar-refractivity contribution in [3.8, 4) is 19.5 Å². The lowest BCUT2D eigenvalue weighted by molar-refractivity contribution is -0.135. The van der Waals surface area contributed by atoms with E-state index in [-0.39, 0.29) is 6.54 Å². The van der Waals surface area contributed by atoms with Crippen LogP contribution in [0.25, 0.3) is 19.5 Å². The number of rotatable bonds is 10. The first-order valence-corrected chi connectivity index (χ1v) is 11.8. The molecule has 3 aromatic heterocycles. The molecule has 0 radical (unpaired) electrons. The zero-order valence-corrected chi connectivity index (χ0v) is 18.9. The van der Waals surface area contributed by atoms with Gasteiger partial charge in [-0.15, -0.1) is 34.0 Å². The maximum atomic E-state index is 10.7. The van der Waals surface area contributed by atoms with Crippen LogP contribution >= 0.6 is 34.0 Å². The molecule has 0 amide bonds. The van der Waals surface area contributed by atoms with Gasteiger partial charge in [0.1, 0.15) is 0 Å². The van der Waals surface area contributed by atoms with Gasteiger partial charge in [0.05, 0.1) is 6.54 Å². The molecular formula is C21H26N2O2S3. The Bertz CT molecular complexity index is 940. The molecule has 3 N–H and O–H groups in total. The third kappa shape index (κ3) is 5.30. The summed E-state index contributed by atoms with van der Waals surface area (Å²) in [6.45, 7) is 5.98. The Kier molecular flexibility index (Phi) is 7.42. The molecule has 28 heavy (non-hydrogen) atoms. The Hall–Kier alpha value is -1.51. The number of aliphatic carboxylic acids is 1. The monoisotopic (exact) mass is 434 g/mol. The first-order valence-electron chi connectivity index (χ1n) is 9.34. The number of hydrogen-bond donors (Lipinski definition) is 3. The standard InChI is InChI=1S/C21H26N2O2S3/c1-13-10-15(6-8-22-3)20(26-13)17-4-5-18(28-17)21-16(11-14(2)27-21)7-9-23-12-19(24)25/h4-5,10-11,22-23H,6-9,12H2,1-3H3,(H,24,25). The second-order valence-electron chi connectivity index (χ2n) is 6.76. The van der Waals surface area contributed by atoms with Gasteiger partial charge in [-0.05, 0) is 82.2 Å². The normalized spacial score (nSPS) is 11.2. The molecule has 4 nitrogen and oxygen atoms in total. The number of thiophene rings is 3. The summed E-state index contributed by atoms with van der Waals surface area (Å²) in [5.74, 6) is -0.815. The smallest absolute Gasteiger partial charge is 0.317 e. The SMILES string of the molecule is CNCCc1cc(C)sc1-c1ccc(-c2sc(C)cc2CCNCC(=O)O)s1. The van der Waals surface area contributed by atoms with Gasteiger partial charge in [-0.3, -0.25) is 4.79 Å². The quantitative estimate of drug-likeness (QED) is 0.401. The number of carboxylic acid groups (broad SMARTS) is 1.